The van der Waals surface area contributed by atoms with Gasteiger partial charge in [-0.2, -0.15) is 0 Å². The third-order valence-electron chi connectivity index (χ3n) is 4.98. The number of piperazine rings is 1. The maximum absolute atomic E-state index is 11.2. The van der Waals surface area contributed by atoms with E-state index in [9.17, 15) is 4.79 Å². The van der Waals surface area contributed by atoms with Crippen molar-refractivity contribution < 1.29 is 9.53 Å². The molecule has 1 amide bonds. The topological polar surface area (TPSA) is 83.2 Å². The van der Waals surface area contributed by atoms with Crippen LogP contribution in [-0.2, 0) is 6.54 Å². The van der Waals surface area contributed by atoms with Crippen LogP contribution in [0.2, 0.25) is 0 Å². The van der Waals surface area contributed by atoms with Crippen molar-refractivity contribution >= 4 is 17.6 Å². The van der Waals surface area contributed by atoms with Gasteiger partial charge in [-0.15, -0.1) is 0 Å². The van der Waals surface area contributed by atoms with E-state index in [4.69, 9.17) is 15.5 Å². The Labute approximate surface area is 172 Å². The zero-order valence-electron chi connectivity index (χ0n) is 17.1. The van der Waals surface area contributed by atoms with Crippen LogP contribution in [0.4, 0.5) is 5.69 Å². The van der Waals surface area contributed by atoms with E-state index >= 15 is 0 Å². The van der Waals surface area contributed by atoms with Gasteiger partial charge in [-0.1, -0.05) is 18.2 Å². The molecule has 1 heterocycles. The molecule has 0 aliphatic carbocycles. The Morgan fingerprint density at radius 3 is 2.48 bits per heavy atom. The molecule has 2 aromatic rings. The summed E-state index contributed by atoms with van der Waals surface area (Å²) in [6.07, 6.45) is 0. The molecule has 7 heteroatoms. The third kappa shape index (κ3) is 5.40. The maximum Gasteiger partial charge on any atom is 0.248 e. The summed E-state index contributed by atoms with van der Waals surface area (Å²) in [4.78, 5) is 20.6. The highest BCUT2D eigenvalue weighted by molar-refractivity contribution is 5.92. The molecule has 1 aliphatic rings. The third-order valence-corrected chi connectivity index (χ3v) is 4.98. The molecule has 1 fully saturated rings. The lowest BCUT2D eigenvalue weighted by Crippen LogP contribution is -2.52. The number of anilines is 1. The summed E-state index contributed by atoms with van der Waals surface area (Å²) in [5.74, 6) is 1.38. The minimum Gasteiger partial charge on any atom is -0.497 e. The average Bonchev–Trinajstić information content (AvgIpc) is 2.77. The summed E-state index contributed by atoms with van der Waals surface area (Å²) in [5, 5.41) is 3.39. The van der Waals surface area contributed by atoms with Crippen molar-refractivity contribution in [3.8, 4) is 5.75 Å². The first-order chi connectivity index (χ1) is 14.1. The highest BCUT2D eigenvalue weighted by atomic mass is 16.5. The van der Waals surface area contributed by atoms with Gasteiger partial charge in [-0.05, 0) is 36.8 Å². The summed E-state index contributed by atoms with van der Waals surface area (Å²) in [6, 6.07) is 15.5. The molecule has 7 nitrogen and oxygen atoms in total. The fourth-order valence-corrected chi connectivity index (χ4v) is 3.35. The van der Waals surface area contributed by atoms with E-state index in [0.29, 0.717) is 12.1 Å². The van der Waals surface area contributed by atoms with Gasteiger partial charge in [0, 0.05) is 50.0 Å². The Bertz CT molecular complexity index is 843. The molecular formula is C22H29N5O2. The number of nitrogens with zero attached hydrogens (tertiary/aromatic N) is 3. The average molecular weight is 396 g/mol. The molecule has 29 heavy (non-hydrogen) atoms. The van der Waals surface area contributed by atoms with Gasteiger partial charge in [0.25, 0.3) is 0 Å². The smallest absolute Gasteiger partial charge is 0.248 e. The van der Waals surface area contributed by atoms with E-state index < -0.39 is 5.91 Å². The van der Waals surface area contributed by atoms with E-state index in [1.165, 1.54) is 5.69 Å². The molecule has 3 N–H and O–H groups in total. The first-order valence-corrected chi connectivity index (χ1v) is 9.91. The van der Waals surface area contributed by atoms with Gasteiger partial charge < -0.3 is 25.6 Å². The normalized spacial score (nSPS) is 14.6. The van der Waals surface area contributed by atoms with Crippen LogP contribution in [0.1, 0.15) is 22.8 Å². The fourth-order valence-electron chi connectivity index (χ4n) is 3.35. The summed E-state index contributed by atoms with van der Waals surface area (Å²) in [6.45, 7) is 7.07. The van der Waals surface area contributed by atoms with Crippen LogP contribution in [0.15, 0.2) is 53.5 Å². The van der Waals surface area contributed by atoms with Gasteiger partial charge in [0.05, 0.1) is 13.7 Å². The molecule has 2 aromatic carbocycles. The molecule has 0 aromatic heterocycles. The highest BCUT2D eigenvalue weighted by Gasteiger charge is 2.20. The number of hydrogen-bond donors (Lipinski definition) is 2. The van der Waals surface area contributed by atoms with Gasteiger partial charge >= 0.3 is 0 Å². The summed E-state index contributed by atoms with van der Waals surface area (Å²) in [5.41, 5.74) is 8.03. The first kappa shape index (κ1) is 20.5. The number of nitrogens with two attached hydrogens (primary N) is 1. The lowest BCUT2D eigenvalue weighted by atomic mass is 10.1. The second-order valence-corrected chi connectivity index (χ2v) is 6.91. The van der Waals surface area contributed by atoms with Crippen molar-refractivity contribution in [1.82, 2.24) is 10.2 Å². The fraction of sp³-hybridized carbons (Fsp3) is 0.364. The maximum atomic E-state index is 11.2. The van der Waals surface area contributed by atoms with Gasteiger partial charge in [0.2, 0.25) is 5.91 Å². The van der Waals surface area contributed by atoms with E-state index in [-0.39, 0.29) is 0 Å². The first-order valence-electron chi connectivity index (χ1n) is 9.91. The highest BCUT2D eigenvalue weighted by Crippen LogP contribution is 2.22. The molecule has 0 saturated carbocycles. The lowest BCUT2D eigenvalue weighted by Gasteiger charge is -2.37. The SMILES string of the molecule is CCNC(=NCc1ccc(C(N)=O)cc1)N1CCN(c2cccc(OC)c2)CC1. The summed E-state index contributed by atoms with van der Waals surface area (Å²) < 4.78 is 5.34. The number of ether oxygens (including phenoxy) is 1. The number of rotatable bonds is 6. The van der Waals surface area contributed by atoms with E-state index in [2.05, 4.69) is 34.2 Å². The van der Waals surface area contributed by atoms with Crippen LogP contribution >= 0.6 is 0 Å². The van der Waals surface area contributed by atoms with Crippen molar-refractivity contribution in [2.75, 3.05) is 44.7 Å². The van der Waals surface area contributed by atoms with Crippen molar-refractivity contribution in [2.45, 2.75) is 13.5 Å². The Kier molecular flexibility index (Phi) is 6.94. The van der Waals surface area contributed by atoms with E-state index in [1.807, 2.05) is 24.3 Å². The molecule has 0 spiro atoms. The zero-order valence-corrected chi connectivity index (χ0v) is 17.1. The van der Waals surface area contributed by atoms with Gasteiger partial charge in [-0.25, -0.2) is 4.99 Å². The number of aliphatic imine (C=N–C) groups is 1. The van der Waals surface area contributed by atoms with Crippen molar-refractivity contribution in [1.29, 1.82) is 0 Å². The molecule has 1 aliphatic heterocycles. The molecule has 1 saturated heterocycles. The molecule has 0 radical (unpaired) electrons. The van der Waals surface area contributed by atoms with Crippen LogP contribution in [-0.4, -0.2) is 56.6 Å². The zero-order chi connectivity index (χ0) is 20.6. The molecular weight excluding hydrogens is 366 g/mol. The second-order valence-electron chi connectivity index (χ2n) is 6.91. The number of carbonyl (C=O) groups excluding carboxylic acids is 1. The number of carbonyl (C=O) groups is 1. The Morgan fingerprint density at radius 2 is 1.86 bits per heavy atom. The van der Waals surface area contributed by atoms with Crippen LogP contribution in [0, 0.1) is 0 Å². The largest absolute Gasteiger partial charge is 0.497 e. The number of nitrogens with one attached hydrogen (secondary N) is 1. The van der Waals surface area contributed by atoms with Crippen molar-refractivity contribution in [3.63, 3.8) is 0 Å². The predicted octanol–water partition coefficient (Wildman–Crippen LogP) is 2.08. The second kappa shape index (κ2) is 9.82. The van der Waals surface area contributed by atoms with Gasteiger partial charge in [0.1, 0.15) is 5.75 Å². The summed E-state index contributed by atoms with van der Waals surface area (Å²) >= 11 is 0. The van der Waals surface area contributed by atoms with E-state index in [0.717, 1.165) is 50.0 Å². The number of primary amides is 1. The van der Waals surface area contributed by atoms with Crippen LogP contribution < -0.4 is 20.7 Å². The van der Waals surface area contributed by atoms with Gasteiger partial charge in [-0.3, -0.25) is 4.79 Å². The molecule has 0 bridgehead atoms. The quantitative estimate of drug-likeness (QED) is 0.578. The van der Waals surface area contributed by atoms with Gasteiger partial charge in [0.15, 0.2) is 5.96 Å². The molecule has 154 valence electrons. The van der Waals surface area contributed by atoms with Crippen LogP contribution in [0.25, 0.3) is 0 Å². The van der Waals surface area contributed by atoms with Crippen LogP contribution in [0.5, 0.6) is 5.75 Å². The molecule has 0 atom stereocenters. The number of benzene rings is 2. The van der Waals surface area contributed by atoms with Crippen molar-refractivity contribution in [3.05, 3.63) is 59.7 Å². The standard InChI is InChI=1S/C22H29N5O2/c1-3-24-22(25-16-17-7-9-18(10-8-17)21(23)28)27-13-11-26(12-14-27)19-5-4-6-20(15-19)29-2/h4-10,15H,3,11-14,16H2,1-2H3,(H2,23,28)(H,24,25). The summed E-state index contributed by atoms with van der Waals surface area (Å²) in [7, 11) is 1.69. The Morgan fingerprint density at radius 1 is 1.14 bits per heavy atom. The number of methoxy groups -OCH3 is 1. The minimum atomic E-state index is -0.415. The predicted molar refractivity (Wildman–Crippen MR) is 117 cm³/mol. The Balaban J connectivity index is 1.62. The molecule has 3 rings (SSSR count). The van der Waals surface area contributed by atoms with Crippen LogP contribution in [0.3, 0.4) is 0 Å². The number of guanidine groups is 1. The molecule has 0 unspecified atom stereocenters. The van der Waals surface area contributed by atoms with Crippen molar-refractivity contribution in [2.24, 2.45) is 10.7 Å². The Hall–Kier alpha value is -3.22. The lowest BCUT2D eigenvalue weighted by molar-refractivity contribution is 0.100. The monoisotopic (exact) mass is 395 g/mol. The minimum absolute atomic E-state index is 0.415. The number of amides is 1. The van der Waals surface area contributed by atoms with E-state index in [1.54, 1.807) is 19.2 Å². The number of hydrogen-bond acceptors (Lipinski definition) is 4.